The molecule has 1 aliphatic rings. The standard InChI is InChI=1S/C24H25N2O3.K/c25-15-18-1-4-20-14-24(12-5-19(20)13-18)28-16-17-2-10-23(11-3-17)29-26-21-6-8-22(27)9-7-21;/h2-3,5-12,14,18,27H,1,4,13,15-16,25H2;/q-1;+1. The van der Waals surface area contributed by atoms with Gasteiger partial charge in [-0.3, -0.25) is 0 Å². The van der Waals surface area contributed by atoms with Crippen LogP contribution in [0, 0.1) is 5.92 Å². The van der Waals surface area contributed by atoms with E-state index in [1.54, 1.807) is 24.3 Å². The van der Waals surface area contributed by atoms with E-state index in [2.05, 4.69) is 17.6 Å². The fraction of sp³-hybridized carbons (Fsp3) is 0.250. The van der Waals surface area contributed by atoms with E-state index >= 15 is 0 Å². The van der Waals surface area contributed by atoms with Gasteiger partial charge in [-0.15, -0.1) is 5.69 Å². The summed E-state index contributed by atoms with van der Waals surface area (Å²) in [5, 5.41) is 9.29. The second-order valence-electron chi connectivity index (χ2n) is 7.41. The zero-order valence-corrected chi connectivity index (χ0v) is 20.4. The molecule has 0 radical (unpaired) electrons. The molecule has 150 valence electrons. The topological polar surface area (TPSA) is 78.8 Å². The van der Waals surface area contributed by atoms with Gasteiger partial charge in [-0.2, -0.15) is 0 Å². The van der Waals surface area contributed by atoms with Crippen molar-refractivity contribution in [2.45, 2.75) is 25.9 Å². The van der Waals surface area contributed by atoms with Crippen molar-refractivity contribution in [1.82, 2.24) is 0 Å². The summed E-state index contributed by atoms with van der Waals surface area (Å²) >= 11 is 0. The summed E-state index contributed by atoms with van der Waals surface area (Å²) in [7, 11) is 0. The van der Waals surface area contributed by atoms with E-state index in [1.807, 2.05) is 30.3 Å². The number of phenols is 1. The average molecular weight is 429 g/mol. The van der Waals surface area contributed by atoms with Crippen molar-refractivity contribution in [3.8, 4) is 17.2 Å². The molecule has 3 aromatic carbocycles. The van der Waals surface area contributed by atoms with Gasteiger partial charge in [0.15, 0.2) is 0 Å². The second kappa shape index (κ2) is 11.2. The van der Waals surface area contributed by atoms with Crippen LogP contribution in [-0.2, 0) is 19.4 Å². The molecule has 1 aliphatic carbocycles. The third-order valence-electron chi connectivity index (χ3n) is 5.28. The van der Waals surface area contributed by atoms with Crippen LogP contribution in [0.4, 0.5) is 5.69 Å². The van der Waals surface area contributed by atoms with Crippen molar-refractivity contribution in [2.75, 3.05) is 6.54 Å². The number of phenolic OH excluding ortho intramolecular Hbond substituents is 1. The quantitative estimate of drug-likeness (QED) is 0.446. The van der Waals surface area contributed by atoms with Crippen LogP contribution < -0.4 is 66.7 Å². The Bertz CT molecular complexity index is 946. The summed E-state index contributed by atoms with van der Waals surface area (Å²) in [6.07, 6.45) is 3.30. The minimum Gasteiger partial charge on any atom is -0.557 e. The minimum atomic E-state index is 0. The molecule has 5 nitrogen and oxygen atoms in total. The van der Waals surface area contributed by atoms with Gasteiger partial charge >= 0.3 is 51.4 Å². The molecule has 0 bridgehead atoms. The molecule has 3 N–H and O–H groups in total. The molecule has 0 fully saturated rings. The van der Waals surface area contributed by atoms with E-state index in [1.165, 1.54) is 11.1 Å². The van der Waals surface area contributed by atoms with E-state index < -0.39 is 0 Å². The van der Waals surface area contributed by atoms with Gasteiger partial charge in [-0.05, 0) is 84.8 Å². The normalized spacial score (nSPS) is 14.9. The first-order chi connectivity index (χ1) is 14.2. The number of ether oxygens (including phenoxy) is 1. The van der Waals surface area contributed by atoms with Crippen LogP contribution >= 0.6 is 0 Å². The fourth-order valence-electron chi connectivity index (χ4n) is 3.53. The molecule has 1 unspecified atom stereocenters. The zero-order valence-electron chi connectivity index (χ0n) is 17.3. The Balaban J connectivity index is 0.00000256. The van der Waals surface area contributed by atoms with Crippen LogP contribution in [0.5, 0.6) is 17.2 Å². The number of hydrogen-bond acceptors (Lipinski definition) is 4. The molecular formula is C24H25KN2O3. The van der Waals surface area contributed by atoms with Gasteiger partial charge in [0.2, 0.25) is 0 Å². The predicted octanol–water partition coefficient (Wildman–Crippen LogP) is 2.04. The van der Waals surface area contributed by atoms with Crippen LogP contribution in [0.15, 0.2) is 66.7 Å². The van der Waals surface area contributed by atoms with E-state index in [9.17, 15) is 5.11 Å². The maximum Gasteiger partial charge on any atom is 1.00 e. The van der Waals surface area contributed by atoms with Crippen LogP contribution in [0.25, 0.3) is 5.48 Å². The maximum atomic E-state index is 9.29. The Kier molecular flexibility index (Phi) is 8.62. The van der Waals surface area contributed by atoms with E-state index in [0.29, 0.717) is 24.0 Å². The van der Waals surface area contributed by atoms with Crippen molar-refractivity contribution in [3.05, 3.63) is 88.9 Å². The predicted molar refractivity (Wildman–Crippen MR) is 114 cm³/mol. The molecule has 0 aliphatic heterocycles. The van der Waals surface area contributed by atoms with Crippen molar-refractivity contribution in [2.24, 2.45) is 11.7 Å². The monoisotopic (exact) mass is 428 g/mol. The third-order valence-corrected chi connectivity index (χ3v) is 5.28. The SMILES string of the molecule is NCC1CCc2cc(OCc3ccc(O[N-]c4ccc(O)cc4)cc3)ccc2C1.[K+]. The number of aromatic hydroxyl groups is 1. The van der Waals surface area contributed by atoms with E-state index in [-0.39, 0.29) is 57.1 Å². The van der Waals surface area contributed by atoms with Gasteiger partial charge in [0.1, 0.15) is 23.9 Å². The summed E-state index contributed by atoms with van der Waals surface area (Å²) in [6.45, 7) is 1.26. The summed E-state index contributed by atoms with van der Waals surface area (Å²) in [5.41, 5.74) is 14.3. The van der Waals surface area contributed by atoms with Crippen molar-refractivity contribution >= 4 is 5.69 Å². The van der Waals surface area contributed by atoms with Crippen molar-refractivity contribution < 1.29 is 66.1 Å². The van der Waals surface area contributed by atoms with Crippen molar-refractivity contribution in [1.29, 1.82) is 0 Å². The second-order valence-corrected chi connectivity index (χ2v) is 7.41. The number of aryl methyl sites for hydroxylation is 1. The molecule has 4 rings (SSSR count). The van der Waals surface area contributed by atoms with Gasteiger partial charge in [0.05, 0.1) is 0 Å². The summed E-state index contributed by atoms with van der Waals surface area (Å²) < 4.78 is 5.98. The summed E-state index contributed by atoms with van der Waals surface area (Å²) in [6, 6.07) is 20.6. The fourth-order valence-corrected chi connectivity index (χ4v) is 3.53. The first kappa shape index (κ1) is 23.1. The van der Waals surface area contributed by atoms with Crippen molar-refractivity contribution in [3.63, 3.8) is 0 Å². The molecule has 0 amide bonds. The van der Waals surface area contributed by atoms with Crippen LogP contribution in [0.1, 0.15) is 23.1 Å². The Labute approximate surface area is 220 Å². The van der Waals surface area contributed by atoms with Gasteiger partial charge in [0, 0.05) is 0 Å². The van der Waals surface area contributed by atoms with Gasteiger partial charge in [-0.1, -0.05) is 30.3 Å². The van der Waals surface area contributed by atoms with Gasteiger partial charge < -0.3 is 25.9 Å². The average Bonchev–Trinajstić information content (AvgIpc) is 2.77. The first-order valence-electron chi connectivity index (χ1n) is 9.90. The zero-order chi connectivity index (χ0) is 20.1. The van der Waals surface area contributed by atoms with Crippen LogP contribution in [-0.4, -0.2) is 11.7 Å². The number of benzene rings is 3. The molecular weight excluding hydrogens is 403 g/mol. The van der Waals surface area contributed by atoms with E-state index in [0.717, 1.165) is 37.1 Å². The molecule has 3 aromatic rings. The molecule has 0 aromatic heterocycles. The first-order valence-corrected chi connectivity index (χ1v) is 9.90. The molecule has 0 spiro atoms. The number of hydrogen-bond donors (Lipinski definition) is 2. The Morgan fingerprint density at radius 3 is 2.40 bits per heavy atom. The number of rotatable bonds is 7. The molecule has 6 heteroatoms. The van der Waals surface area contributed by atoms with Crippen LogP contribution in [0.3, 0.4) is 0 Å². The summed E-state index contributed by atoms with van der Waals surface area (Å²) in [4.78, 5) is 5.42. The Morgan fingerprint density at radius 2 is 1.67 bits per heavy atom. The molecule has 0 saturated heterocycles. The van der Waals surface area contributed by atoms with Gasteiger partial charge in [0.25, 0.3) is 0 Å². The largest absolute Gasteiger partial charge is 1.00 e. The number of nitrogens with zero attached hydrogens (tertiary/aromatic N) is 1. The van der Waals surface area contributed by atoms with E-state index in [4.69, 9.17) is 15.3 Å². The molecule has 0 heterocycles. The molecule has 0 saturated carbocycles. The molecule has 1 atom stereocenters. The Morgan fingerprint density at radius 1 is 0.933 bits per heavy atom. The Hall–Kier alpha value is -1.54. The maximum absolute atomic E-state index is 9.29. The third kappa shape index (κ3) is 6.23. The minimum absolute atomic E-state index is 0. The summed E-state index contributed by atoms with van der Waals surface area (Å²) in [5.74, 6) is 2.35. The number of nitrogens with two attached hydrogens (primary N) is 1. The van der Waals surface area contributed by atoms with Gasteiger partial charge in [-0.25, -0.2) is 0 Å². The van der Waals surface area contributed by atoms with Crippen LogP contribution in [0.2, 0.25) is 0 Å². The number of fused-ring (bicyclic) bond motifs is 1. The smallest absolute Gasteiger partial charge is 0.557 e. The molecule has 30 heavy (non-hydrogen) atoms.